The second kappa shape index (κ2) is 5.66. The van der Waals surface area contributed by atoms with Gasteiger partial charge in [-0.3, -0.25) is 14.9 Å². The van der Waals surface area contributed by atoms with Gasteiger partial charge in [0.1, 0.15) is 0 Å². The maximum Gasteiger partial charge on any atom is 0.230 e. The summed E-state index contributed by atoms with van der Waals surface area (Å²) in [6, 6.07) is 14.9. The lowest BCUT2D eigenvalue weighted by atomic mass is 10.1. The van der Waals surface area contributed by atoms with E-state index in [1.807, 2.05) is 42.5 Å². The average Bonchev–Trinajstić information content (AvgIpc) is 3.02. The molecule has 4 aromatic rings. The van der Waals surface area contributed by atoms with E-state index in [1.54, 1.807) is 12.3 Å². The molecule has 24 heavy (non-hydrogen) atoms. The van der Waals surface area contributed by atoms with Gasteiger partial charge in [-0.1, -0.05) is 6.07 Å². The monoisotopic (exact) mass is 317 g/mol. The molecular weight excluding hydrogens is 302 g/mol. The van der Waals surface area contributed by atoms with Gasteiger partial charge in [-0.25, -0.2) is 0 Å². The van der Waals surface area contributed by atoms with Gasteiger partial charge in [0.05, 0.1) is 29.3 Å². The van der Waals surface area contributed by atoms with E-state index in [-0.39, 0.29) is 12.3 Å². The third kappa shape index (κ3) is 2.77. The van der Waals surface area contributed by atoms with Crippen molar-refractivity contribution in [1.82, 2.24) is 15.2 Å². The van der Waals surface area contributed by atoms with Gasteiger partial charge in [0.25, 0.3) is 0 Å². The van der Waals surface area contributed by atoms with Gasteiger partial charge in [0.2, 0.25) is 5.91 Å². The Kier molecular flexibility index (Phi) is 3.35. The maximum absolute atomic E-state index is 12.2. The number of aromatic amines is 1. The third-order valence-corrected chi connectivity index (χ3v) is 3.84. The zero-order chi connectivity index (χ0) is 16.5. The highest BCUT2D eigenvalue weighted by atomic mass is 16.1. The number of carbonyl (C=O) groups is 1. The van der Waals surface area contributed by atoms with E-state index in [0.29, 0.717) is 11.4 Å². The fourth-order valence-corrected chi connectivity index (χ4v) is 2.67. The number of fused-ring (bicyclic) bond motifs is 2. The van der Waals surface area contributed by atoms with E-state index in [4.69, 9.17) is 5.73 Å². The molecule has 4 rings (SSSR count). The molecule has 2 heterocycles. The van der Waals surface area contributed by atoms with Crippen LogP contribution in [0.25, 0.3) is 21.8 Å². The van der Waals surface area contributed by atoms with Crippen LogP contribution >= 0.6 is 0 Å². The van der Waals surface area contributed by atoms with Crippen molar-refractivity contribution >= 4 is 39.1 Å². The number of nitrogens with two attached hydrogens (primary N) is 1. The molecule has 118 valence electrons. The van der Waals surface area contributed by atoms with Gasteiger partial charge >= 0.3 is 0 Å². The van der Waals surface area contributed by atoms with E-state index < -0.39 is 0 Å². The van der Waals surface area contributed by atoms with Crippen molar-refractivity contribution in [2.45, 2.75) is 6.42 Å². The molecule has 0 bridgehead atoms. The van der Waals surface area contributed by atoms with Crippen molar-refractivity contribution in [1.29, 1.82) is 0 Å². The van der Waals surface area contributed by atoms with Crippen LogP contribution in [0.4, 0.5) is 11.4 Å². The van der Waals surface area contributed by atoms with Crippen molar-refractivity contribution in [2.75, 3.05) is 11.1 Å². The lowest BCUT2D eigenvalue weighted by Gasteiger charge is -2.06. The van der Waals surface area contributed by atoms with Crippen molar-refractivity contribution in [3.05, 3.63) is 60.4 Å². The summed E-state index contributed by atoms with van der Waals surface area (Å²) < 4.78 is 0. The van der Waals surface area contributed by atoms with Crippen molar-refractivity contribution in [3.63, 3.8) is 0 Å². The molecule has 0 fully saturated rings. The SMILES string of the molecule is Nc1ccc2nc(CC(=O)Nc3ccc4cn[nH]c4c3)ccc2c1. The standard InChI is InChI=1S/C18H15N5O/c19-13-3-6-16-11(7-13)1-4-15(21-16)9-18(24)22-14-5-2-12-10-20-23-17(12)8-14/h1-8,10H,9,19H2,(H,20,23)(H,22,24). The second-order valence-corrected chi connectivity index (χ2v) is 5.65. The molecule has 0 aliphatic rings. The highest BCUT2D eigenvalue weighted by molar-refractivity contribution is 5.94. The summed E-state index contributed by atoms with van der Waals surface area (Å²) in [4.78, 5) is 16.8. The molecule has 0 aliphatic heterocycles. The number of hydrogen-bond donors (Lipinski definition) is 3. The van der Waals surface area contributed by atoms with Gasteiger partial charge in [-0.15, -0.1) is 0 Å². The number of benzene rings is 2. The van der Waals surface area contributed by atoms with Crippen LogP contribution in [0, 0.1) is 0 Å². The lowest BCUT2D eigenvalue weighted by Crippen LogP contribution is -2.15. The minimum Gasteiger partial charge on any atom is -0.399 e. The van der Waals surface area contributed by atoms with E-state index in [9.17, 15) is 4.79 Å². The Morgan fingerprint density at radius 3 is 2.88 bits per heavy atom. The van der Waals surface area contributed by atoms with Crippen molar-refractivity contribution in [3.8, 4) is 0 Å². The van der Waals surface area contributed by atoms with Gasteiger partial charge < -0.3 is 11.1 Å². The topological polar surface area (TPSA) is 96.7 Å². The first kappa shape index (κ1) is 14.2. The fourth-order valence-electron chi connectivity index (χ4n) is 2.67. The Morgan fingerprint density at radius 2 is 1.96 bits per heavy atom. The molecule has 2 aromatic carbocycles. The van der Waals surface area contributed by atoms with Crippen LogP contribution in [0.3, 0.4) is 0 Å². The summed E-state index contributed by atoms with van der Waals surface area (Å²) in [7, 11) is 0. The quantitative estimate of drug-likeness (QED) is 0.506. The molecule has 4 N–H and O–H groups in total. The number of nitrogens with one attached hydrogen (secondary N) is 2. The highest BCUT2D eigenvalue weighted by Crippen LogP contribution is 2.18. The number of anilines is 2. The Hall–Kier alpha value is -3.41. The Balaban J connectivity index is 1.51. The van der Waals surface area contributed by atoms with Crippen molar-refractivity contribution < 1.29 is 4.79 Å². The van der Waals surface area contributed by atoms with E-state index in [2.05, 4.69) is 20.5 Å². The van der Waals surface area contributed by atoms with E-state index in [1.165, 1.54) is 0 Å². The predicted octanol–water partition coefficient (Wildman–Crippen LogP) is 2.87. The van der Waals surface area contributed by atoms with Crippen LogP contribution in [-0.2, 0) is 11.2 Å². The first-order valence-electron chi connectivity index (χ1n) is 7.55. The molecule has 0 spiro atoms. The number of carbonyl (C=O) groups excluding carboxylic acids is 1. The number of amides is 1. The van der Waals surface area contributed by atoms with Crippen molar-refractivity contribution in [2.24, 2.45) is 0 Å². The molecule has 6 nitrogen and oxygen atoms in total. The molecule has 0 saturated carbocycles. The maximum atomic E-state index is 12.2. The molecule has 0 radical (unpaired) electrons. The molecule has 0 unspecified atom stereocenters. The Morgan fingerprint density at radius 1 is 1.08 bits per heavy atom. The molecular formula is C18H15N5O. The van der Waals surface area contributed by atoms with E-state index in [0.717, 1.165) is 27.5 Å². The summed E-state index contributed by atoms with van der Waals surface area (Å²) in [5, 5.41) is 11.7. The molecule has 1 amide bonds. The summed E-state index contributed by atoms with van der Waals surface area (Å²) in [5.41, 5.74) is 9.61. The highest BCUT2D eigenvalue weighted by Gasteiger charge is 2.07. The van der Waals surface area contributed by atoms with Crippen LogP contribution in [0.5, 0.6) is 0 Å². The third-order valence-electron chi connectivity index (χ3n) is 3.84. The normalized spacial score (nSPS) is 11.0. The summed E-state index contributed by atoms with van der Waals surface area (Å²) in [6.07, 6.45) is 1.95. The van der Waals surface area contributed by atoms with E-state index >= 15 is 0 Å². The second-order valence-electron chi connectivity index (χ2n) is 5.65. The number of aromatic nitrogens is 3. The molecule has 6 heteroatoms. The van der Waals surface area contributed by atoms with Gasteiger partial charge in [0.15, 0.2) is 0 Å². The number of pyridine rings is 1. The van der Waals surface area contributed by atoms with Gasteiger partial charge in [-0.05, 0) is 42.5 Å². The first-order chi connectivity index (χ1) is 11.7. The van der Waals surface area contributed by atoms with Crippen LogP contribution in [0.15, 0.2) is 54.7 Å². The Bertz CT molecular complexity index is 1050. The van der Waals surface area contributed by atoms with Crippen LogP contribution in [0.2, 0.25) is 0 Å². The average molecular weight is 317 g/mol. The molecule has 0 atom stereocenters. The van der Waals surface area contributed by atoms with Gasteiger partial charge in [0, 0.05) is 22.1 Å². The first-order valence-corrected chi connectivity index (χ1v) is 7.55. The minimum absolute atomic E-state index is 0.115. The zero-order valence-electron chi connectivity index (χ0n) is 12.8. The van der Waals surface area contributed by atoms with Crippen LogP contribution < -0.4 is 11.1 Å². The molecule has 2 aromatic heterocycles. The predicted molar refractivity (Wildman–Crippen MR) is 94.6 cm³/mol. The zero-order valence-corrected chi connectivity index (χ0v) is 12.8. The fraction of sp³-hybridized carbons (Fsp3) is 0.0556. The number of nitrogen functional groups attached to an aromatic ring is 1. The molecule has 0 aliphatic carbocycles. The van der Waals surface area contributed by atoms with Crippen LogP contribution in [-0.4, -0.2) is 21.1 Å². The smallest absolute Gasteiger partial charge is 0.230 e. The Labute approximate surface area is 137 Å². The summed E-state index contributed by atoms with van der Waals surface area (Å²) >= 11 is 0. The lowest BCUT2D eigenvalue weighted by molar-refractivity contribution is -0.115. The van der Waals surface area contributed by atoms with Gasteiger partial charge in [-0.2, -0.15) is 5.10 Å². The largest absolute Gasteiger partial charge is 0.399 e. The van der Waals surface area contributed by atoms with Crippen LogP contribution in [0.1, 0.15) is 5.69 Å². The number of nitrogens with zero attached hydrogens (tertiary/aromatic N) is 2. The minimum atomic E-state index is -0.115. The summed E-state index contributed by atoms with van der Waals surface area (Å²) in [5.74, 6) is -0.115. The number of rotatable bonds is 3. The number of H-pyrrole nitrogens is 1. The summed E-state index contributed by atoms with van der Waals surface area (Å²) in [6.45, 7) is 0. The molecule has 0 saturated heterocycles. The number of hydrogen-bond acceptors (Lipinski definition) is 4.